The lowest BCUT2D eigenvalue weighted by Gasteiger charge is -2.45. The molecule has 11 nitrogen and oxygen atoms in total. The normalized spacial score (nSPS) is 28.2. The van der Waals surface area contributed by atoms with Crippen LogP contribution in [-0.4, -0.2) is 116 Å². The minimum Gasteiger partial charge on any atom is -0.377 e. The van der Waals surface area contributed by atoms with Gasteiger partial charge in [-0.3, -0.25) is 19.2 Å². The van der Waals surface area contributed by atoms with Crippen molar-refractivity contribution in [1.82, 2.24) is 25.8 Å². The first kappa shape index (κ1) is 34.5. The van der Waals surface area contributed by atoms with Crippen LogP contribution in [0.1, 0.15) is 85.0 Å². The van der Waals surface area contributed by atoms with Crippen molar-refractivity contribution >= 4 is 23.6 Å². The number of alkyl halides is 2. The molecule has 0 aromatic rings. The average molecular weight is 628 g/mol. The summed E-state index contributed by atoms with van der Waals surface area (Å²) >= 11 is 0. The predicted octanol–water partition coefficient (Wildman–Crippen LogP) is 1.98. The highest BCUT2D eigenvalue weighted by atomic mass is 19.3. The number of rotatable bonds is 3. The van der Waals surface area contributed by atoms with Crippen LogP contribution in [0.2, 0.25) is 0 Å². The Morgan fingerprint density at radius 3 is 2.32 bits per heavy atom. The summed E-state index contributed by atoms with van der Waals surface area (Å²) in [4.78, 5) is 56.7. The number of fused-ring (bicyclic) bond motifs is 1. The van der Waals surface area contributed by atoms with Gasteiger partial charge in [-0.25, -0.2) is 8.78 Å². The molecule has 13 heteroatoms. The molecule has 0 bridgehead atoms. The second kappa shape index (κ2) is 14.8. The molecule has 0 aromatic heterocycles. The fourth-order valence-corrected chi connectivity index (χ4v) is 6.77. The first-order valence-electron chi connectivity index (χ1n) is 16.2. The van der Waals surface area contributed by atoms with Crippen LogP contribution < -0.4 is 16.0 Å². The summed E-state index contributed by atoms with van der Waals surface area (Å²) in [5.41, 5.74) is -1.04. The SMILES string of the molecule is CC(C)(C)CC(=O)N1CCC2(CC1)CC(=O)N1CC[C@@H](NC3CCC(F)(F)CC3)C[C@H]1C(=O)NCCOCCOCC(=O)N2. The van der Waals surface area contributed by atoms with Gasteiger partial charge in [0.2, 0.25) is 29.6 Å². The number of nitrogens with one attached hydrogen (secondary N) is 3. The van der Waals surface area contributed by atoms with Crippen molar-refractivity contribution in [3.63, 3.8) is 0 Å². The monoisotopic (exact) mass is 627 g/mol. The van der Waals surface area contributed by atoms with Crippen LogP contribution in [-0.2, 0) is 28.7 Å². The molecular formula is C31H51F2N5O6. The van der Waals surface area contributed by atoms with Gasteiger partial charge in [-0.15, -0.1) is 0 Å². The van der Waals surface area contributed by atoms with Gasteiger partial charge >= 0.3 is 0 Å². The predicted molar refractivity (Wildman–Crippen MR) is 159 cm³/mol. The summed E-state index contributed by atoms with van der Waals surface area (Å²) in [5, 5.41) is 9.45. The van der Waals surface area contributed by atoms with Gasteiger partial charge in [0.15, 0.2) is 0 Å². The van der Waals surface area contributed by atoms with E-state index in [2.05, 4.69) is 16.0 Å². The van der Waals surface area contributed by atoms with Gasteiger partial charge in [0.25, 0.3) is 0 Å². The van der Waals surface area contributed by atoms with Crippen LogP contribution in [0.4, 0.5) is 8.78 Å². The molecule has 3 heterocycles. The first-order valence-corrected chi connectivity index (χ1v) is 16.2. The highest BCUT2D eigenvalue weighted by molar-refractivity contribution is 5.89. The number of carbonyl (C=O) groups is 4. The lowest BCUT2D eigenvalue weighted by molar-refractivity contribution is -0.146. The van der Waals surface area contributed by atoms with E-state index in [0.29, 0.717) is 64.6 Å². The number of hydrogen-bond acceptors (Lipinski definition) is 7. The van der Waals surface area contributed by atoms with Crippen molar-refractivity contribution in [3.05, 3.63) is 0 Å². The summed E-state index contributed by atoms with van der Waals surface area (Å²) in [6.07, 6.45) is 2.64. The Morgan fingerprint density at radius 2 is 1.64 bits per heavy atom. The van der Waals surface area contributed by atoms with E-state index in [0.717, 1.165) is 0 Å². The second-order valence-electron chi connectivity index (χ2n) is 14.2. The second-order valence-corrected chi connectivity index (χ2v) is 14.2. The molecule has 3 aliphatic heterocycles. The molecule has 1 spiro atoms. The molecule has 3 saturated heterocycles. The maximum absolute atomic E-state index is 14.0. The maximum Gasteiger partial charge on any atom is 0.248 e. The van der Waals surface area contributed by atoms with Crippen LogP contribution in [0.3, 0.4) is 0 Å². The van der Waals surface area contributed by atoms with Crippen LogP contribution in [0.25, 0.3) is 0 Å². The molecule has 0 radical (unpaired) electrons. The van der Waals surface area contributed by atoms with Gasteiger partial charge in [-0.1, -0.05) is 20.8 Å². The van der Waals surface area contributed by atoms with Crippen LogP contribution in [0, 0.1) is 5.41 Å². The van der Waals surface area contributed by atoms with Gasteiger partial charge in [0.05, 0.1) is 31.8 Å². The van der Waals surface area contributed by atoms with E-state index >= 15 is 0 Å². The summed E-state index contributed by atoms with van der Waals surface area (Å²) in [6.45, 7) is 8.01. The zero-order valence-electron chi connectivity index (χ0n) is 26.6. The van der Waals surface area contributed by atoms with Gasteiger partial charge in [-0.2, -0.15) is 0 Å². The van der Waals surface area contributed by atoms with Crippen molar-refractivity contribution in [1.29, 1.82) is 0 Å². The minimum atomic E-state index is -2.62. The van der Waals surface area contributed by atoms with E-state index in [9.17, 15) is 28.0 Å². The molecule has 4 fully saturated rings. The Kier molecular flexibility index (Phi) is 11.6. The van der Waals surface area contributed by atoms with E-state index < -0.39 is 17.5 Å². The third-order valence-corrected chi connectivity index (χ3v) is 9.21. The quantitative estimate of drug-likeness (QED) is 0.437. The molecule has 4 amide bonds. The largest absolute Gasteiger partial charge is 0.377 e. The fraction of sp³-hybridized carbons (Fsp3) is 0.871. The van der Waals surface area contributed by atoms with Gasteiger partial charge in [0.1, 0.15) is 12.6 Å². The molecule has 2 atom stereocenters. The van der Waals surface area contributed by atoms with Crippen molar-refractivity contribution in [2.75, 3.05) is 52.6 Å². The smallest absolute Gasteiger partial charge is 0.248 e. The molecule has 1 saturated carbocycles. The maximum atomic E-state index is 14.0. The molecule has 3 N–H and O–H groups in total. The van der Waals surface area contributed by atoms with E-state index in [1.54, 1.807) is 9.80 Å². The highest BCUT2D eigenvalue weighted by Crippen LogP contribution is 2.34. The summed E-state index contributed by atoms with van der Waals surface area (Å²) < 4.78 is 38.4. The van der Waals surface area contributed by atoms with Crippen molar-refractivity contribution in [3.8, 4) is 0 Å². The molecule has 4 rings (SSSR count). The number of likely N-dealkylation sites (tertiary alicyclic amines) is 1. The van der Waals surface area contributed by atoms with Crippen LogP contribution >= 0.6 is 0 Å². The van der Waals surface area contributed by atoms with Crippen molar-refractivity contribution in [2.45, 2.75) is 115 Å². The number of ether oxygens (including phenoxy) is 2. The number of hydrogen-bond donors (Lipinski definition) is 3. The summed E-state index contributed by atoms with van der Waals surface area (Å²) in [7, 11) is 0. The fourth-order valence-electron chi connectivity index (χ4n) is 6.77. The molecule has 0 unspecified atom stereocenters. The molecule has 4 aliphatic rings. The first-order chi connectivity index (χ1) is 20.7. The molecule has 250 valence electrons. The molecule has 0 aromatic carbocycles. The van der Waals surface area contributed by atoms with Crippen LogP contribution in [0.5, 0.6) is 0 Å². The summed E-state index contributed by atoms with van der Waals surface area (Å²) in [5.74, 6) is -3.43. The van der Waals surface area contributed by atoms with Crippen molar-refractivity contribution < 1.29 is 37.4 Å². The Morgan fingerprint density at radius 1 is 0.955 bits per heavy atom. The summed E-state index contributed by atoms with van der Waals surface area (Å²) in [6, 6.07) is -0.871. The number of amides is 4. The van der Waals surface area contributed by atoms with Gasteiger partial charge in [-0.05, 0) is 43.9 Å². The van der Waals surface area contributed by atoms with Crippen molar-refractivity contribution in [2.24, 2.45) is 5.41 Å². The van der Waals surface area contributed by atoms with E-state index in [-0.39, 0.29) is 93.4 Å². The molecule has 44 heavy (non-hydrogen) atoms. The Labute approximate surface area is 259 Å². The Bertz CT molecular complexity index is 1020. The number of halogens is 2. The third kappa shape index (κ3) is 10.1. The Hall–Kier alpha value is -2.38. The van der Waals surface area contributed by atoms with Crippen LogP contribution in [0.15, 0.2) is 0 Å². The van der Waals surface area contributed by atoms with E-state index in [1.165, 1.54) is 0 Å². The number of nitrogens with zero attached hydrogens (tertiary/aromatic N) is 2. The number of carbonyl (C=O) groups excluding carboxylic acids is 4. The standard InChI is InChI=1S/C31H51F2N5O6/c1-29(2,3)19-26(40)37-13-9-30(10-14-37)20-27(41)38-12-6-23(35-22-4-7-31(32,33)8-5-22)18-24(38)28(42)34-11-15-43-16-17-44-21-25(39)36-30/h22-24,35H,4-21H2,1-3H3,(H,34,42)(H,36,39)/t23-,24+/m1/s1. The molecular weight excluding hydrogens is 576 g/mol. The highest BCUT2D eigenvalue weighted by Gasteiger charge is 2.44. The Balaban J connectivity index is 1.48. The zero-order valence-corrected chi connectivity index (χ0v) is 26.6. The lowest BCUT2D eigenvalue weighted by Crippen LogP contribution is -2.62. The minimum absolute atomic E-state index is 0.00271. The van der Waals surface area contributed by atoms with E-state index in [1.807, 2.05) is 20.8 Å². The number of piperidine rings is 2. The lowest BCUT2D eigenvalue weighted by atomic mass is 9.82. The van der Waals surface area contributed by atoms with E-state index in [4.69, 9.17) is 9.47 Å². The van der Waals surface area contributed by atoms with Gasteiger partial charge < -0.3 is 35.2 Å². The average Bonchev–Trinajstić information content (AvgIpc) is 2.94. The molecule has 1 aliphatic carbocycles. The third-order valence-electron chi connectivity index (χ3n) is 9.21. The zero-order chi connectivity index (χ0) is 32.0. The topological polar surface area (TPSA) is 129 Å². The van der Waals surface area contributed by atoms with Gasteiger partial charge in [0, 0.05) is 57.5 Å².